The third kappa shape index (κ3) is 3.49. The number of alkyl halides is 3. The van der Waals surface area contributed by atoms with E-state index in [4.69, 9.17) is 4.74 Å². The summed E-state index contributed by atoms with van der Waals surface area (Å²) in [5.74, 6) is 0. The molecule has 1 N–H and O–H groups in total. The minimum absolute atomic E-state index is 0.0120. The zero-order valence-electron chi connectivity index (χ0n) is 15.1. The number of ether oxygens (including phenoxy) is 1. The zero-order valence-corrected chi connectivity index (χ0v) is 15.9. The van der Waals surface area contributed by atoms with Gasteiger partial charge in [0, 0.05) is 17.4 Å². The number of fused-ring (bicyclic) bond motifs is 1. The normalized spacial score (nSPS) is 14.1. The van der Waals surface area contributed by atoms with E-state index in [1.165, 1.54) is 22.8 Å². The van der Waals surface area contributed by atoms with Crippen molar-refractivity contribution in [3.8, 4) is 0 Å². The molecule has 2 aromatic heterocycles. The van der Waals surface area contributed by atoms with Gasteiger partial charge in [0.1, 0.15) is 26.6 Å². The number of halogens is 3. The van der Waals surface area contributed by atoms with Crippen LogP contribution in [0.3, 0.4) is 0 Å². The number of aromatic nitrogens is 2. The molecule has 0 aliphatic rings. The van der Waals surface area contributed by atoms with Gasteiger partial charge in [-0.05, 0) is 19.4 Å². The first-order chi connectivity index (χ1) is 11.8. The quantitative estimate of drug-likeness (QED) is 0.711. The van der Waals surface area contributed by atoms with Gasteiger partial charge >= 0.3 is 11.9 Å². The lowest BCUT2D eigenvalue weighted by molar-refractivity contribution is -0.164. The van der Waals surface area contributed by atoms with Crippen LogP contribution >= 0.6 is 11.3 Å². The third-order valence-electron chi connectivity index (χ3n) is 4.18. The molecule has 26 heavy (non-hydrogen) atoms. The Kier molecular flexibility index (Phi) is 5.51. The Bertz CT molecular complexity index is 943. The van der Waals surface area contributed by atoms with Crippen LogP contribution in [-0.2, 0) is 16.7 Å². The van der Waals surface area contributed by atoms with E-state index in [2.05, 4.69) is 0 Å². The Hall–Kier alpha value is -1.52. The number of aliphatic hydroxyl groups is 1. The number of methoxy groups -OCH3 is 1. The molecule has 0 saturated heterocycles. The second-order valence-corrected chi connectivity index (χ2v) is 7.61. The maximum atomic E-state index is 13.2. The summed E-state index contributed by atoms with van der Waals surface area (Å²) in [5, 5.41) is 9.03. The second-order valence-electron chi connectivity index (χ2n) is 6.62. The highest BCUT2D eigenvalue weighted by Crippen LogP contribution is 2.34. The molecule has 0 amide bonds. The molecule has 0 saturated carbocycles. The number of aryl methyl sites for hydroxylation is 1. The Balaban J connectivity index is 2.98. The first kappa shape index (κ1) is 20.8. The van der Waals surface area contributed by atoms with Crippen molar-refractivity contribution in [1.29, 1.82) is 0 Å². The lowest BCUT2D eigenvalue weighted by atomic mass is 9.64. The largest absolute Gasteiger partial charge is 0.409 e. The average Bonchev–Trinajstić information content (AvgIpc) is 2.84. The standard InChI is InChI=1S/C14H19B2F3N2O4S/c1-6-8-10(22)21(7(2)14(17,18)19)12(23)20(4-5-25-3)11(8)26-9(6)13(15,16)24/h7,24H,4-5,15-16H2,1-3H3/t7-/m0/s1. The van der Waals surface area contributed by atoms with E-state index in [0.717, 1.165) is 22.8 Å². The summed E-state index contributed by atoms with van der Waals surface area (Å²) in [6.07, 6.45) is -4.75. The summed E-state index contributed by atoms with van der Waals surface area (Å²) in [7, 11) is 4.43. The molecule has 0 aliphatic heterocycles. The molecule has 0 radical (unpaired) electrons. The molecule has 6 nitrogen and oxygen atoms in total. The van der Waals surface area contributed by atoms with Crippen molar-refractivity contribution < 1.29 is 23.0 Å². The Morgan fingerprint density at radius 3 is 2.35 bits per heavy atom. The van der Waals surface area contributed by atoms with Gasteiger partial charge in [0.25, 0.3) is 5.56 Å². The number of hydrogen-bond acceptors (Lipinski definition) is 5. The lowest BCUT2D eigenvalue weighted by Crippen LogP contribution is -2.45. The molecule has 0 aliphatic carbocycles. The van der Waals surface area contributed by atoms with Crippen molar-refractivity contribution in [3.63, 3.8) is 0 Å². The highest BCUT2D eigenvalue weighted by Gasteiger charge is 2.40. The second kappa shape index (κ2) is 6.90. The Morgan fingerprint density at radius 1 is 1.31 bits per heavy atom. The molecular weight excluding hydrogens is 371 g/mol. The van der Waals surface area contributed by atoms with Gasteiger partial charge in [0.2, 0.25) is 0 Å². The first-order valence-electron chi connectivity index (χ1n) is 7.89. The number of nitrogens with zero attached hydrogens (tertiary/aromatic N) is 2. The van der Waals surface area contributed by atoms with Crippen molar-refractivity contribution in [2.45, 2.75) is 38.0 Å². The molecule has 0 aromatic carbocycles. The van der Waals surface area contributed by atoms with E-state index >= 15 is 0 Å². The van der Waals surface area contributed by atoms with E-state index in [-0.39, 0.29) is 27.9 Å². The molecule has 1 atom stereocenters. The smallest absolute Gasteiger partial charge is 0.402 e. The van der Waals surface area contributed by atoms with E-state index in [0.29, 0.717) is 10.4 Å². The van der Waals surface area contributed by atoms with Crippen LogP contribution in [-0.4, -0.2) is 49.8 Å². The van der Waals surface area contributed by atoms with Gasteiger partial charge in [-0.25, -0.2) is 9.36 Å². The van der Waals surface area contributed by atoms with Crippen LogP contribution in [0.25, 0.3) is 10.2 Å². The number of thiophene rings is 1. The van der Waals surface area contributed by atoms with Crippen molar-refractivity contribution in [3.05, 3.63) is 31.3 Å². The summed E-state index contributed by atoms with van der Waals surface area (Å²) < 4.78 is 45.9. The lowest BCUT2D eigenvalue weighted by Gasteiger charge is -2.19. The fourth-order valence-electron chi connectivity index (χ4n) is 2.82. The van der Waals surface area contributed by atoms with Crippen molar-refractivity contribution in [1.82, 2.24) is 9.13 Å². The van der Waals surface area contributed by atoms with Gasteiger partial charge in [0.05, 0.1) is 18.5 Å². The Labute approximate surface area is 153 Å². The monoisotopic (exact) mass is 390 g/mol. The van der Waals surface area contributed by atoms with E-state index in [1.807, 2.05) is 0 Å². The molecule has 142 valence electrons. The van der Waals surface area contributed by atoms with Gasteiger partial charge in [-0.15, -0.1) is 11.3 Å². The minimum atomic E-state index is -4.75. The van der Waals surface area contributed by atoms with Crippen LogP contribution in [0.4, 0.5) is 13.2 Å². The van der Waals surface area contributed by atoms with Crippen LogP contribution in [0.1, 0.15) is 23.4 Å². The average molecular weight is 390 g/mol. The predicted molar refractivity (Wildman–Crippen MR) is 98.7 cm³/mol. The molecule has 0 spiro atoms. The summed E-state index contributed by atoms with van der Waals surface area (Å²) >= 11 is 1.03. The summed E-state index contributed by atoms with van der Waals surface area (Å²) in [5.41, 5.74) is -1.68. The SMILES string of the molecule is BC(B)(O)c1sc2c(c1C)c(=O)n([C@@H](C)C(F)(F)F)c(=O)n2CCOC. The topological polar surface area (TPSA) is 73.5 Å². The van der Waals surface area contributed by atoms with Crippen LogP contribution in [0, 0.1) is 6.92 Å². The van der Waals surface area contributed by atoms with Crippen molar-refractivity contribution in [2.24, 2.45) is 0 Å². The van der Waals surface area contributed by atoms with Gasteiger partial charge in [-0.3, -0.25) is 9.36 Å². The molecule has 0 unspecified atom stereocenters. The number of rotatable bonds is 5. The molecule has 0 bridgehead atoms. The molecule has 2 aromatic rings. The fourth-order valence-corrected chi connectivity index (χ4v) is 4.14. The summed E-state index contributed by atoms with van der Waals surface area (Å²) in [6.45, 7) is 2.40. The van der Waals surface area contributed by atoms with Crippen LogP contribution in [0.15, 0.2) is 9.59 Å². The maximum Gasteiger partial charge on any atom is 0.409 e. The minimum Gasteiger partial charge on any atom is -0.402 e. The highest BCUT2D eigenvalue weighted by atomic mass is 32.1. The van der Waals surface area contributed by atoms with Crippen molar-refractivity contribution in [2.75, 3.05) is 13.7 Å². The van der Waals surface area contributed by atoms with E-state index in [9.17, 15) is 27.9 Å². The Morgan fingerprint density at radius 2 is 1.88 bits per heavy atom. The summed E-state index contributed by atoms with van der Waals surface area (Å²) in [4.78, 5) is 26.1. The predicted octanol–water partition coefficient (Wildman–Crippen LogP) is -0.328. The molecule has 2 rings (SSSR count). The maximum absolute atomic E-state index is 13.2. The van der Waals surface area contributed by atoms with Gasteiger partial charge in [-0.1, -0.05) is 0 Å². The highest BCUT2D eigenvalue weighted by molar-refractivity contribution is 7.19. The fraction of sp³-hybridized carbons (Fsp3) is 0.571. The molecule has 2 heterocycles. The van der Waals surface area contributed by atoms with Crippen molar-refractivity contribution >= 4 is 37.2 Å². The summed E-state index contributed by atoms with van der Waals surface area (Å²) in [6, 6.07) is -2.27. The zero-order chi connectivity index (χ0) is 20.0. The number of hydrogen-bond donors (Lipinski definition) is 1. The van der Waals surface area contributed by atoms with Gasteiger partial charge in [-0.2, -0.15) is 13.2 Å². The molecular formula is C14H19B2F3N2O4S. The first-order valence-corrected chi connectivity index (χ1v) is 8.71. The van der Waals surface area contributed by atoms with Gasteiger partial charge in [0.15, 0.2) is 0 Å². The van der Waals surface area contributed by atoms with E-state index in [1.54, 1.807) is 6.92 Å². The molecule has 12 heteroatoms. The van der Waals surface area contributed by atoms with Crippen LogP contribution in [0.5, 0.6) is 0 Å². The van der Waals surface area contributed by atoms with E-state index < -0.39 is 28.9 Å². The van der Waals surface area contributed by atoms with Crippen LogP contribution < -0.4 is 11.2 Å². The third-order valence-corrected chi connectivity index (χ3v) is 5.81. The van der Waals surface area contributed by atoms with Gasteiger partial charge < -0.3 is 9.84 Å². The molecule has 0 fully saturated rings. The van der Waals surface area contributed by atoms with Crippen LogP contribution in [0.2, 0.25) is 0 Å².